The van der Waals surface area contributed by atoms with Crippen LogP contribution in [0.2, 0.25) is 0 Å². The summed E-state index contributed by atoms with van der Waals surface area (Å²) in [5, 5.41) is 2.00. The van der Waals surface area contributed by atoms with E-state index in [-0.39, 0.29) is 5.84 Å². The normalized spacial score (nSPS) is 11.4. The third-order valence-corrected chi connectivity index (χ3v) is 4.08. The van der Waals surface area contributed by atoms with Gasteiger partial charge < -0.3 is 15.2 Å². The van der Waals surface area contributed by atoms with Gasteiger partial charge in [-0.25, -0.2) is 0 Å². The van der Waals surface area contributed by atoms with E-state index >= 15 is 0 Å². The number of ether oxygens (including phenoxy) is 2. The van der Waals surface area contributed by atoms with Crippen LogP contribution in [0.15, 0.2) is 65.7 Å². The van der Waals surface area contributed by atoms with E-state index in [9.17, 15) is 4.79 Å². The number of benzene rings is 3. The highest BCUT2D eigenvalue weighted by Crippen LogP contribution is 2.29. The van der Waals surface area contributed by atoms with Crippen LogP contribution in [0.3, 0.4) is 0 Å². The molecule has 0 saturated carbocycles. The van der Waals surface area contributed by atoms with Crippen molar-refractivity contribution in [3.8, 4) is 11.5 Å². The third-order valence-electron chi connectivity index (χ3n) is 4.08. The zero-order valence-electron chi connectivity index (χ0n) is 15.4. The molecule has 0 heterocycles. The summed E-state index contributed by atoms with van der Waals surface area (Å²) in [7, 11) is 0. The first-order chi connectivity index (χ1) is 13.1. The number of nitrogens with two attached hydrogens (primary N) is 1. The predicted octanol–water partition coefficient (Wildman–Crippen LogP) is 4.18. The molecule has 5 nitrogen and oxygen atoms in total. The molecular weight excluding hydrogens is 340 g/mol. The van der Waals surface area contributed by atoms with E-state index in [1.807, 2.05) is 56.3 Å². The van der Waals surface area contributed by atoms with Gasteiger partial charge >= 0.3 is 0 Å². The summed E-state index contributed by atoms with van der Waals surface area (Å²) in [5.74, 6) is 0.874. The van der Waals surface area contributed by atoms with Crippen molar-refractivity contribution >= 4 is 22.5 Å². The Morgan fingerprint density at radius 2 is 1.63 bits per heavy atom. The molecule has 0 aliphatic rings. The van der Waals surface area contributed by atoms with Crippen LogP contribution < -0.4 is 15.2 Å². The van der Waals surface area contributed by atoms with Crippen molar-refractivity contribution in [2.75, 3.05) is 13.2 Å². The molecule has 1 amide bonds. The molecule has 0 unspecified atom stereocenters. The number of amidine groups is 1. The molecule has 3 aromatic carbocycles. The van der Waals surface area contributed by atoms with Gasteiger partial charge in [0.15, 0.2) is 11.5 Å². The van der Waals surface area contributed by atoms with Crippen molar-refractivity contribution in [1.82, 2.24) is 0 Å². The lowest BCUT2D eigenvalue weighted by molar-refractivity contribution is 0.100. The Kier molecular flexibility index (Phi) is 5.71. The number of rotatable bonds is 6. The average molecular weight is 362 g/mol. The summed E-state index contributed by atoms with van der Waals surface area (Å²) < 4.78 is 11.1. The highest BCUT2D eigenvalue weighted by atomic mass is 16.5. The molecule has 0 fully saturated rings. The van der Waals surface area contributed by atoms with Gasteiger partial charge in [-0.05, 0) is 42.8 Å². The molecule has 3 aromatic rings. The van der Waals surface area contributed by atoms with E-state index in [1.165, 1.54) is 0 Å². The van der Waals surface area contributed by atoms with E-state index in [0.717, 1.165) is 16.3 Å². The molecule has 0 spiro atoms. The van der Waals surface area contributed by atoms with Crippen LogP contribution >= 0.6 is 0 Å². The van der Waals surface area contributed by atoms with Crippen molar-refractivity contribution in [2.24, 2.45) is 10.7 Å². The van der Waals surface area contributed by atoms with Gasteiger partial charge in [0.2, 0.25) is 0 Å². The minimum Gasteiger partial charge on any atom is -0.490 e. The molecular formula is C22H22N2O3. The van der Waals surface area contributed by atoms with Crippen LogP contribution in [0.4, 0.5) is 0 Å². The lowest BCUT2D eigenvalue weighted by atomic mass is 10.0. The van der Waals surface area contributed by atoms with Crippen molar-refractivity contribution in [1.29, 1.82) is 0 Å². The van der Waals surface area contributed by atoms with Gasteiger partial charge in [-0.2, -0.15) is 4.99 Å². The molecule has 5 heteroatoms. The van der Waals surface area contributed by atoms with Crippen LogP contribution in [-0.2, 0) is 0 Å². The minimum absolute atomic E-state index is 0.184. The van der Waals surface area contributed by atoms with Gasteiger partial charge in [-0.3, -0.25) is 4.79 Å². The Bertz CT molecular complexity index is 991. The molecule has 0 bridgehead atoms. The second-order valence-electron chi connectivity index (χ2n) is 5.86. The topological polar surface area (TPSA) is 73.9 Å². The maximum atomic E-state index is 12.6. The second-order valence-corrected chi connectivity index (χ2v) is 5.86. The van der Waals surface area contributed by atoms with Gasteiger partial charge in [-0.1, -0.05) is 42.5 Å². The fraction of sp³-hybridized carbons (Fsp3) is 0.182. The molecule has 138 valence electrons. The lowest BCUT2D eigenvalue weighted by Gasteiger charge is -2.11. The average Bonchev–Trinajstić information content (AvgIpc) is 2.69. The predicted molar refractivity (Wildman–Crippen MR) is 108 cm³/mol. The Hall–Kier alpha value is -3.34. The number of hydrogen-bond acceptors (Lipinski definition) is 3. The van der Waals surface area contributed by atoms with E-state index < -0.39 is 5.91 Å². The molecule has 0 radical (unpaired) electrons. The quantitative estimate of drug-likeness (QED) is 0.527. The van der Waals surface area contributed by atoms with Crippen LogP contribution in [0.1, 0.15) is 29.8 Å². The second kappa shape index (κ2) is 8.36. The minimum atomic E-state index is -0.426. The molecule has 0 atom stereocenters. The summed E-state index contributed by atoms with van der Waals surface area (Å²) in [4.78, 5) is 16.7. The van der Waals surface area contributed by atoms with Gasteiger partial charge in [0.25, 0.3) is 5.91 Å². The van der Waals surface area contributed by atoms with Crippen molar-refractivity contribution < 1.29 is 14.3 Å². The lowest BCUT2D eigenvalue weighted by Crippen LogP contribution is -2.16. The number of fused-ring (bicyclic) bond motifs is 1. The first-order valence-corrected chi connectivity index (χ1v) is 8.90. The van der Waals surface area contributed by atoms with E-state index in [1.54, 1.807) is 18.2 Å². The molecule has 3 rings (SSSR count). The Balaban J connectivity index is 1.94. The van der Waals surface area contributed by atoms with Crippen molar-refractivity contribution in [3.05, 3.63) is 71.8 Å². The molecule has 0 aliphatic heterocycles. The Labute approximate surface area is 158 Å². The number of amides is 1. The molecule has 27 heavy (non-hydrogen) atoms. The maximum absolute atomic E-state index is 12.6. The standard InChI is InChI=1S/C22H22N2O3/c1-3-26-19-13-12-16(14-20(19)27-4-2)22(25)24-21(23)18-11-7-9-15-8-5-6-10-17(15)18/h5-14H,3-4H2,1-2H3,(H2,23,24,25). The highest BCUT2D eigenvalue weighted by Gasteiger charge is 2.13. The summed E-state index contributed by atoms with van der Waals surface area (Å²) in [6.45, 7) is 4.75. The van der Waals surface area contributed by atoms with Crippen LogP contribution in [0.25, 0.3) is 10.8 Å². The number of carbonyl (C=O) groups is 1. The Morgan fingerprint density at radius 3 is 2.41 bits per heavy atom. The molecule has 0 aliphatic carbocycles. The van der Waals surface area contributed by atoms with Crippen molar-refractivity contribution in [2.45, 2.75) is 13.8 Å². The monoisotopic (exact) mass is 362 g/mol. The fourth-order valence-electron chi connectivity index (χ4n) is 2.87. The van der Waals surface area contributed by atoms with Crippen molar-refractivity contribution in [3.63, 3.8) is 0 Å². The summed E-state index contributed by atoms with van der Waals surface area (Å²) in [5.41, 5.74) is 7.27. The fourth-order valence-corrected chi connectivity index (χ4v) is 2.87. The van der Waals surface area contributed by atoms with Gasteiger partial charge in [-0.15, -0.1) is 0 Å². The zero-order chi connectivity index (χ0) is 19.2. The zero-order valence-corrected chi connectivity index (χ0v) is 15.4. The largest absolute Gasteiger partial charge is 0.490 e. The molecule has 0 aromatic heterocycles. The number of nitrogens with zero attached hydrogens (tertiary/aromatic N) is 1. The smallest absolute Gasteiger partial charge is 0.279 e. The van der Waals surface area contributed by atoms with E-state index in [4.69, 9.17) is 15.2 Å². The van der Waals surface area contributed by atoms with Gasteiger partial charge in [0.1, 0.15) is 5.84 Å². The SMILES string of the molecule is CCOc1ccc(C(=O)N=C(N)c2cccc3ccccc23)cc1OCC. The molecule has 2 N–H and O–H groups in total. The number of hydrogen-bond donors (Lipinski definition) is 1. The van der Waals surface area contributed by atoms with Gasteiger partial charge in [0, 0.05) is 11.1 Å². The van der Waals surface area contributed by atoms with Gasteiger partial charge in [0.05, 0.1) is 13.2 Å². The van der Waals surface area contributed by atoms with Crippen LogP contribution in [0, 0.1) is 0 Å². The van der Waals surface area contributed by atoms with E-state index in [0.29, 0.717) is 30.3 Å². The third kappa shape index (κ3) is 4.08. The van der Waals surface area contributed by atoms with E-state index in [2.05, 4.69) is 4.99 Å². The molecule has 0 saturated heterocycles. The van der Waals surface area contributed by atoms with Crippen LogP contribution in [0.5, 0.6) is 11.5 Å². The number of carbonyl (C=O) groups excluding carboxylic acids is 1. The maximum Gasteiger partial charge on any atom is 0.279 e. The van der Waals surface area contributed by atoms with Crippen LogP contribution in [-0.4, -0.2) is 25.0 Å². The summed E-state index contributed by atoms with van der Waals surface area (Å²) in [6.07, 6.45) is 0. The number of aliphatic imine (C=N–C) groups is 1. The first-order valence-electron chi connectivity index (χ1n) is 8.90. The highest BCUT2D eigenvalue weighted by molar-refractivity contribution is 6.14. The summed E-state index contributed by atoms with van der Waals surface area (Å²) in [6, 6.07) is 18.6. The summed E-state index contributed by atoms with van der Waals surface area (Å²) >= 11 is 0. The first kappa shape index (κ1) is 18.5. The Morgan fingerprint density at radius 1 is 0.926 bits per heavy atom.